The summed E-state index contributed by atoms with van der Waals surface area (Å²) in [6.45, 7) is 0. The molecule has 0 bridgehead atoms. The average Bonchev–Trinajstić information content (AvgIpc) is 3.57. The van der Waals surface area contributed by atoms with Crippen molar-refractivity contribution < 1.29 is 7.72 Å². The van der Waals surface area contributed by atoms with Crippen LogP contribution in [-0.2, 0) is 7.72 Å². The van der Waals surface area contributed by atoms with Gasteiger partial charge in [-0.2, -0.15) is 0 Å². The van der Waals surface area contributed by atoms with E-state index in [0.29, 0.717) is 0 Å². The molecule has 0 amide bonds. The standard InChI is InChI=1S/C17H14P.C5H5.Ru/c1-3-9-15(10-4-1)18(17-13-7-8-14-17)16-11-5-2-6-12-16;1-2-4-5-3-1;/h1-14H;1-5H;. The summed E-state index contributed by atoms with van der Waals surface area (Å²) in [4.78, 5) is 0. The average molecular weight is 415 g/mol. The fourth-order valence-electron chi connectivity index (χ4n) is 18.4. The molecule has 1 spiro atoms. The molecule has 0 nitrogen and oxygen atoms in total. The van der Waals surface area contributed by atoms with Crippen LogP contribution in [0, 0.1) is 0 Å². The molecular weight excluding hydrogens is 396 g/mol. The van der Waals surface area contributed by atoms with E-state index in [0.717, 1.165) is 3.75 Å². The molecular formula is C22H19PRu. The van der Waals surface area contributed by atoms with Gasteiger partial charge in [-0.15, -0.1) is 0 Å². The van der Waals surface area contributed by atoms with Crippen LogP contribution in [0.3, 0.4) is 0 Å². The third-order valence-electron chi connectivity index (χ3n) is 17.0. The van der Waals surface area contributed by atoms with Crippen LogP contribution >= 0.6 is 7.92 Å². The fraction of sp³-hybridized carbons (Fsp3) is 0.455. The SMILES string of the molecule is c1ccc(P(c2ccccc2)[C]23[CH]4[CH]5[CH]6[CH]2[Ru]56432789[CH]3[CH]2[CH]7[CH]8[CH]39)cc1. The van der Waals surface area contributed by atoms with Gasteiger partial charge in [-0.25, -0.2) is 0 Å². The molecule has 0 radical (unpaired) electrons. The molecule has 120 valence electrons. The minimum absolute atomic E-state index is 0.0603. The quantitative estimate of drug-likeness (QED) is 0.464. The summed E-state index contributed by atoms with van der Waals surface area (Å²) in [5, 5.41) is 3.49. The van der Waals surface area contributed by atoms with Crippen molar-refractivity contribution in [1.29, 1.82) is 0 Å². The van der Waals surface area contributed by atoms with Crippen LogP contribution in [-0.4, -0.2) is 3.75 Å². The second kappa shape index (κ2) is 1.12. The zero-order chi connectivity index (χ0) is 14.8. The van der Waals surface area contributed by atoms with E-state index >= 15 is 0 Å². The molecule has 0 aromatic heterocycles. The van der Waals surface area contributed by atoms with Crippen molar-refractivity contribution in [3.63, 3.8) is 0 Å². The summed E-state index contributed by atoms with van der Waals surface area (Å²) in [5.41, 5.74) is 0. The molecule has 0 saturated carbocycles. The van der Waals surface area contributed by atoms with E-state index in [1.807, 2.05) is 0 Å². The third kappa shape index (κ3) is 0.154. The molecule has 2 heteroatoms. The zero-order valence-electron chi connectivity index (χ0n) is 13.3. The monoisotopic (exact) mass is 416 g/mol. The molecule has 2 aromatic rings. The van der Waals surface area contributed by atoms with Crippen molar-refractivity contribution in [1.82, 2.24) is 0 Å². The topological polar surface area (TPSA) is 0 Å². The maximum absolute atomic E-state index is 3.34. The van der Waals surface area contributed by atoms with Gasteiger partial charge in [0.25, 0.3) is 0 Å². The summed E-state index contributed by atoms with van der Waals surface area (Å²) in [5.74, 6) is 0. The van der Waals surface area contributed by atoms with Crippen LogP contribution in [0.4, 0.5) is 0 Å². The maximum atomic E-state index is 2.51. The van der Waals surface area contributed by atoms with Crippen LogP contribution in [0.2, 0.25) is 40.6 Å². The number of benzene rings is 2. The number of rotatable bonds is 3. The third-order valence-corrected chi connectivity index (χ3v) is 92.6. The van der Waals surface area contributed by atoms with Gasteiger partial charge < -0.3 is 0 Å². The second-order valence-corrected chi connectivity index (χ2v) is 52.8. The first-order valence-electron chi connectivity index (χ1n) is 9.75. The first-order chi connectivity index (χ1) is 11.6. The van der Waals surface area contributed by atoms with Gasteiger partial charge in [-0.3, -0.25) is 0 Å². The van der Waals surface area contributed by atoms with Gasteiger partial charge in [0.1, 0.15) is 0 Å². The van der Waals surface area contributed by atoms with Crippen LogP contribution in [0.15, 0.2) is 60.7 Å². The Morgan fingerprint density at radius 2 is 1.00 bits per heavy atom. The van der Waals surface area contributed by atoms with Crippen molar-refractivity contribution >= 4 is 18.5 Å². The summed E-state index contributed by atoms with van der Waals surface area (Å²) in [6.07, 6.45) is 0. The van der Waals surface area contributed by atoms with Crippen molar-refractivity contribution in [3.8, 4) is 0 Å². The Morgan fingerprint density at radius 1 is 0.583 bits per heavy atom. The van der Waals surface area contributed by atoms with Gasteiger partial charge in [-0.1, -0.05) is 0 Å². The van der Waals surface area contributed by atoms with Gasteiger partial charge in [-0.05, 0) is 0 Å². The van der Waals surface area contributed by atoms with E-state index in [2.05, 4.69) is 60.7 Å². The molecule has 0 N–H and O–H groups in total. The predicted octanol–water partition coefficient (Wildman–Crippen LogP) is 5.42. The van der Waals surface area contributed by atoms with Crippen molar-refractivity contribution in [2.45, 2.75) is 44.4 Å². The van der Waals surface area contributed by atoms with Gasteiger partial charge in [0.05, 0.1) is 0 Å². The summed E-state index contributed by atoms with van der Waals surface area (Å²) >= 11 is 0. The Kier molecular flexibility index (Phi) is 0.465. The molecule has 10 aliphatic rings. The zero-order valence-corrected chi connectivity index (χ0v) is 15.9. The van der Waals surface area contributed by atoms with Crippen molar-refractivity contribution in [3.05, 3.63) is 60.7 Å². The molecule has 10 aliphatic heterocycles. The normalized spacial score (nSPS) is 87.8. The Hall–Kier alpha value is -0.507. The first kappa shape index (κ1) is 9.99. The van der Waals surface area contributed by atoms with Crippen molar-refractivity contribution in [2.75, 3.05) is 0 Å². The van der Waals surface area contributed by atoms with E-state index in [9.17, 15) is 0 Å². The Labute approximate surface area is 131 Å². The van der Waals surface area contributed by atoms with Gasteiger partial charge in [0.15, 0.2) is 0 Å². The van der Waals surface area contributed by atoms with Gasteiger partial charge >= 0.3 is 131 Å². The molecule has 4 atom stereocenters. The van der Waals surface area contributed by atoms with E-state index < -0.39 is 7.72 Å². The van der Waals surface area contributed by atoms with Crippen LogP contribution < -0.4 is 10.6 Å². The Bertz CT molecular complexity index is 1310. The van der Waals surface area contributed by atoms with Crippen LogP contribution in [0.25, 0.3) is 0 Å². The van der Waals surface area contributed by atoms with Crippen molar-refractivity contribution in [2.24, 2.45) is 0 Å². The molecule has 10 fully saturated rings. The Morgan fingerprint density at radius 3 is 1.29 bits per heavy atom. The molecule has 4 unspecified atom stereocenters. The molecule has 2 aromatic carbocycles. The Balaban J connectivity index is 1.31. The number of fused-ring (bicyclic) bond motifs is 10. The molecule has 10 heterocycles. The second-order valence-electron chi connectivity index (χ2n) is 12.6. The predicted molar refractivity (Wildman–Crippen MR) is 95.6 cm³/mol. The molecule has 12 rings (SSSR count). The minimum atomic E-state index is -3.34. The summed E-state index contributed by atoms with van der Waals surface area (Å²) in [7, 11) is -3.40. The fourth-order valence-corrected chi connectivity index (χ4v) is 171. The van der Waals surface area contributed by atoms with E-state index in [1.54, 1.807) is 10.6 Å². The summed E-state index contributed by atoms with van der Waals surface area (Å²) in [6, 6.07) is 23.8. The molecule has 10 saturated heterocycles. The number of hydrogen-bond acceptors (Lipinski definition) is 0. The first-order valence-corrected chi connectivity index (χ1v) is 21.0. The molecule has 0 aliphatic carbocycles. The summed E-state index contributed by atoms with van der Waals surface area (Å²) < 4.78 is 14.0. The van der Waals surface area contributed by atoms with E-state index in [-0.39, 0.29) is 7.92 Å². The van der Waals surface area contributed by atoms with E-state index in [4.69, 9.17) is 0 Å². The van der Waals surface area contributed by atoms with Gasteiger partial charge in [0, 0.05) is 0 Å². The van der Waals surface area contributed by atoms with Gasteiger partial charge in [0.2, 0.25) is 0 Å². The van der Waals surface area contributed by atoms with Crippen LogP contribution in [0.1, 0.15) is 0 Å². The van der Waals surface area contributed by atoms with Crippen LogP contribution in [0.5, 0.6) is 0 Å². The molecule has 24 heavy (non-hydrogen) atoms. The van der Waals surface area contributed by atoms with E-state index in [1.165, 1.54) is 40.6 Å². The number of hydrogen-bond donors (Lipinski definition) is 0.